The van der Waals surface area contributed by atoms with Gasteiger partial charge in [0.1, 0.15) is 41.5 Å². The molecule has 10 nitrogen and oxygen atoms in total. The van der Waals surface area contributed by atoms with Crippen LogP contribution < -0.4 is 11.1 Å². The van der Waals surface area contributed by atoms with Crippen LogP contribution in [0.15, 0.2) is 91.1 Å². The molecule has 2 aromatic carbocycles. The van der Waals surface area contributed by atoms with Crippen LogP contribution in [0.25, 0.3) is 38.7 Å². The first-order valence-corrected chi connectivity index (χ1v) is 16.3. The zero-order valence-electron chi connectivity index (χ0n) is 25.6. The van der Waals surface area contributed by atoms with Crippen molar-refractivity contribution in [3.8, 4) is 22.6 Å². The lowest BCUT2D eigenvalue weighted by Crippen LogP contribution is -2.26. The van der Waals surface area contributed by atoms with E-state index in [0.717, 1.165) is 46.4 Å². The number of nitrogens with zero attached hydrogens (tertiary/aromatic N) is 1. The van der Waals surface area contributed by atoms with Gasteiger partial charge in [-0.3, -0.25) is 4.99 Å². The molecule has 0 radical (unpaired) electrons. The first-order valence-electron chi connectivity index (χ1n) is 15.4. The molecule has 5 heterocycles. The molecule has 0 amide bonds. The van der Waals surface area contributed by atoms with Crippen molar-refractivity contribution >= 4 is 53.1 Å². The molecule has 2 aliphatic heterocycles. The van der Waals surface area contributed by atoms with Crippen molar-refractivity contribution in [2.75, 3.05) is 13.2 Å². The van der Waals surface area contributed by atoms with E-state index in [9.17, 15) is 4.79 Å². The zero-order valence-corrected chi connectivity index (χ0v) is 27.4. The van der Waals surface area contributed by atoms with Crippen LogP contribution in [0, 0.1) is 0 Å². The fourth-order valence-electron chi connectivity index (χ4n) is 5.55. The van der Waals surface area contributed by atoms with E-state index in [0.29, 0.717) is 58.1 Å². The fraction of sp³-hybridized carbons (Fsp3) is 0.257. The van der Waals surface area contributed by atoms with Gasteiger partial charge in [-0.2, -0.15) is 0 Å². The van der Waals surface area contributed by atoms with Gasteiger partial charge in [0, 0.05) is 42.5 Å². The Bertz CT molecular complexity index is 1980. The summed E-state index contributed by atoms with van der Waals surface area (Å²) in [5, 5.41) is 3.13. The minimum Gasteiger partial charge on any atom is -0.456 e. The lowest BCUT2D eigenvalue weighted by molar-refractivity contribution is -0.140. The minimum atomic E-state index is -0.505. The van der Waals surface area contributed by atoms with Crippen molar-refractivity contribution in [1.29, 1.82) is 0 Å². The number of nitrogens with two attached hydrogens (primary N) is 1. The molecule has 2 unspecified atom stereocenters. The van der Waals surface area contributed by atoms with Gasteiger partial charge in [0.25, 0.3) is 0 Å². The summed E-state index contributed by atoms with van der Waals surface area (Å²) in [5.41, 5.74) is 12.1. The number of amidine groups is 1. The minimum absolute atomic E-state index is 0.0747. The predicted octanol–water partition coefficient (Wildman–Crippen LogP) is 6.67. The molecule has 0 spiro atoms. The van der Waals surface area contributed by atoms with E-state index < -0.39 is 5.97 Å². The van der Waals surface area contributed by atoms with Crippen molar-refractivity contribution in [1.82, 2.24) is 10.3 Å². The third kappa shape index (κ3) is 6.59. The Hall–Kier alpha value is -4.36. The van der Waals surface area contributed by atoms with E-state index in [1.165, 1.54) is 0 Å². The van der Waals surface area contributed by atoms with Gasteiger partial charge in [0.15, 0.2) is 11.9 Å². The molecule has 3 aromatic heterocycles. The number of esters is 1. The Balaban J connectivity index is 0.956. The molecule has 5 aromatic rings. The van der Waals surface area contributed by atoms with Crippen LogP contribution in [0.1, 0.15) is 42.3 Å². The lowest BCUT2D eigenvalue weighted by atomic mass is 10.1. The number of thiol groups is 2. The van der Waals surface area contributed by atoms with Crippen LogP contribution >= 0.6 is 25.3 Å². The highest BCUT2D eigenvalue weighted by molar-refractivity contribution is 7.90. The highest BCUT2D eigenvalue weighted by Crippen LogP contribution is 2.36. The summed E-state index contributed by atoms with van der Waals surface area (Å²) < 4.78 is 28.7. The molecule has 7 rings (SSSR count). The van der Waals surface area contributed by atoms with Crippen LogP contribution in [-0.2, 0) is 32.2 Å². The maximum absolute atomic E-state index is 13.0. The predicted molar refractivity (Wildman–Crippen MR) is 185 cm³/mol. The second-order valence-electron chi connectivity index (χ2n) is 11.3. The number of aromatic nitrogens is 1. The molecular weight excluding hydrogens is 637 g/mol. The number of ether oxygens (including phenoxy) is 3. The average Bonchev–Trinajstić information content (AvgIpc) is 3.38. The molecular formula is C35H34N4O6S2. The van der Waals surface area contributed by atoms with Crippen molar-refractivity contribution in [3.05, 3.63) is 95.0 Å². The monoisotopic (exact) mass is 670 g/mol. The van der Waals surface area contributed by atoms with E-state index in [2.05, 4.69) is 40.6 Å². The van der Waals surface area contributed by atoms with Crippen LogP contribution in [0.2, 0.25) is 0 Å². The number of nitrogens with one attached hydrogen (secondary N) is 2. The van der Waals surface area contributed by atoms with Gasteiger partial charge in [0.2, 0.25) is 0 Å². The molecule has 2 atom stereocenters. The van der Waals surface area contributed by atoms with Gasteiger partial charge in [-0.15, -0.1) is 25.3 Å². The van der Waals surface area contributed by atoms with E-state index in [-0.39, 0.29) is 24.7 Å². The van der Waals surface area contributed by atoms with E-state index in [1.807, 2.05) is 73.7 Å². The number of hydrogen-bond donors (Lipinski definition) is 5. The maximum atomic E-state index is 13.0. The number of rotatable bonds is 12. The Morgan fingerprint density at radius 3 is 2.57 bits per heavy atom. The van der Waals surface area contributed by atoms with Crippen molar-refractivity contribution in [3.63, 3.8) is 0 Å². The van der Waals surface area contributed by atoms with Crippen LogP contribution in [0.5, 0.6) is 0 Å². The number of aromatic amines is 1. The summed E-state index contributed by atoms with van der Waals surface area (Å²) in [7, 11) is 0. The van der Waals surface area contributed by atoms with Crippen molar-refractivity contribution in [2.24, 2.45) is 10.7 Å². The number of hydrogen-bond acceptors (Lipinski definition) is 10. The molecule has 1 saturated heterocycles. The van der Waals surface area contributed by atoms with Crippen molar-refractivity contribution in [2.45, 2.75) is 50.2 Å². The van der Waals surface area contributed by atoms with Gasteiger partial charge < -0.3 is 39.1 Å². The molecule has 0 aliphatic carbocycles. The largest absolute Gasteiger partial charge is 0.456 e. The van der Waals surface area contributed by atoms with Gasteiger partial charge in [0.05, 0.1) is 21.0 Å². The Morgan fingerprint density at radius 1 is 1.04 bits per heavy atom. The summed E-state index contributed by atoms with van der Waals surface area (Å²) in [6.07, 6.45) is 1.80. The highest BCUT2D eigenvalue weighted by Gasteiger charge is 2.38. The first-order chi connectivity index (χ1) is 22.9. The third-order valence-corrected chi connectivity index (χ3v) is 8.94. The standard InChI is InChI=1S/C35H34N4O6S2/c1-2-41-35-24(45-35)9-6-14-37-33(36)27-31(46)30-23(39-27)16-26(44-30)21-12-10-19(11-13-21)18-42-34(40)28-32(47)29-22(17-38-28)15-25(43-29)20-7-4-3-5-8-20/h3-5,7-8,10-13,15-16,24,35,38-39,46-47H,2,6,9,14,17-18H2,1H3,(H2,36,37). The van der Waals surface area contributed by atoms with E-state index >= 15 is 0 Å². The summed E-state index contributed by atoms with van der Waals surface area (Å²) >= 11 is 9.25. The van der Waals surface area contributed by atoms with E-state index in [1.54, 1.807) is 0 Å². The van der Waals surface area contributed by atoms with Crippen LogP contribution in [0.4, 0.5) is 0 Å². The number of carbonyl (C=O) groups excluding carboxylic acids is 1. The number of aliphatic imine (C=N–C) groups is 1. The second-order valence-corrected chi connectivity index (χ2v) is 12.2. The summed E-state index contributed by atoms with van der Waals surface area (Å²) in [5.74, 6) is 1.83. The second kappa shape index (κ2) is 13.4. The number of epoxide rings is 1. The maximum Gasteiger partial charge on any atom is 0.356 e. The SMILES string of the molecule is CCOC1OC1CCCN=C(N)c1[nH]c2cc(-c3ccc(COC(=O)C4=C(S)c5oc(-c6ccccc6)cc5CN4)cc3)oc2c1S. The summed E-state index contributed by atoms with van der Waals surface area (Å²) in [6.45, 7) is 3.71. The molecule has 242 valence electrons. The average molecular weight is 671 g/mol. The molecule has 1 fully saturated rings. The molecule has 0 bridgehead atoms. The normalized spacial score (nSPS) is 17.6. The van der Waals surface area contributed by atoms with Gasteiger partial charge in [-0.1, -0.05) is 54.6 Å². The fourth-order valence-corrected chi connectivity index (χ4v) is 6.25. The summed E-state index contributed by atoms with van der Waals surface area (Å²) in [6, 6.07) is 21.3. The highest BCUT2D eigenvalue weighted by atomic mass is 32.1. The van der Waals surface area contributed by atoms with Gasteiger partial charge >= 0.3 is 5.97 Å². The Labute approximate surface area is 282 Å². The number of H-pyrrole nitrogens is 1. The molecule has 0 saturated carbocycles. The third-order valence-electron chi connectivity index (χ3n) is 8.08. The summed E-state index contributed by atoms with van der Waals surface area (Å²) in [4.78, 5) is 21.8. The quantitative estimate of drug-likeness (QED) is 0.0248. The lowest BCUT2D eigenvalue weighted by Gasteiger charge is -2.17. The number of benzene rings is 2. The van der Waals surface area contributed by atoms with Gasteiger partial charge in [-0.25, -0.2) is 4.79 Å². The first kappa shape index (κ1) is 31.3. The molecule has 2 aliphatic rings. The number of fused-ring (bicyclic) bond motifs is 2. The molecule has 47 heavy (non-hydrogen) atoms. The molecule has 12 heteroatoms. The number of furan rings is 2. The van der Waals surface area contributed by atoms with Crippen LogP contribution in [0.3, 0.4) is 0 Å². The van der Waals surface area contributed by atoms with Crippen molar-refractivity contribution < 1.29 is 27.8 Å². The zero-order chi connectivity index (χ0) is 32.5. The topological polar surface area (TPSA) is 141 Å². The van der Waals surface area contributed by atoms with Gasteiger partial charge in [-0.05, 0) is 31.4 Å². The Kier molecular flexibility index (Phi) is 8.91. The molecule has 4 N–H and O–H groups in total. The van der Waals surface area contributed by atoms with E-state index in [4.69, 9.17) is 28.8 Å². The van der Waals surface area contributed by atoms with Crippen LogP contribution in [-0.4, -0.2) is 42.3 Å². The number of carbonyl (C=O) groups is 1. The Morgan fingerprint density at radius 2 is 1.81 bits per heavy atom. The smallest absolute Gasteiger partial charge is 0.356 e.